The first-order chi connectivity index (χ1) is 13.7. The summed E-state index contributed by atoms with van der Waals surface area (Å²) in [4.78, 5) is 24.6. The topological polar surface area (TPSA) is 81.9 Å². The smallest absolute Gasteiger partial charge is 0.255 e. The van der Waals surface area contributed by atoms with Gasteiger partial charge in [0.05, 0.1) is 0 Å². The molecule has 7 nitrogen and oxygen atoms in total. The van der Waals surface area contributed by atoms with Gasteiger partial charge in [-0.3, -0.25) is 9.36 Å². The number of ether oxygens (including phenoxy) is 1. The van der Waals surface area contributed by atoms with Crippen molar-refractivity contribution in [1.29, 1.82) is 0 Å². The van der Waals surface area contributed by atoms with Gasteiger partial charge in [-0.2, -0.15) is 0 Å². The van der Waals surface area contributed by atoms with E-state index in [-0.39, 0.29) is 5.91 Å². The van der Waals surface area contributed by atoms with Crippen LogP contribution in [0.5, 0.6) is 11.6 Å². The van der Waals surface area contributed by atoms with Crippen LogP contribution in [0, 0.1) is 0 Å². The molecule has 0 saturated carbocycles. The summed E-state index contributed by atoms with van der Waals surface area (Å²) < 4.78 is 8.45. The molecule has 28 heavy (non-hydrogen) atoms. The van der Waals surface area contributed by atoms with E-state index in [4.69, 9.17) is 4.74 Å². The molecule has 0 bridgehead atoms. The minimum absolute atomic E-state index is 0.179. The van der Waals surface area contributed by atoms with Gasteiger partial charge in [-0.1, -0.05) is 15.9 Å². The zero-order chi connectivity index (χ0) is 19.3. The Morgan fingerprint density at radius 1 is 1.04 bits per heavy atom. The second-order valence-corrected chi connectivity index (χ2v) is 6.69. The molecule has 0 aliphatic heterocycles. The van der Waals surface area contributed by atoms with Gasteiger partial charge in [-0.05, 0) is 48.5 Å². The Hall–Kier alpha value is -3.52. The van der Waals surface area contributed by atoms with E-state index in [1.165, 1.54) is 6.33 Å². The lowest BCUT2D eigenvalue weighted by Gasteiger charge is -2.08. The Labute approximate surface area is 169 Å². The summed E-state index contributed by atoms with van der Waals surface area (Å²) in [6.45, 7) is 0. The highest BCUT2D eigenvalue weighted by atomic mass is 79.9. The molecule has 4 aromatic rings. The fourth-order valence-corrected chi connectivity index (χ4v) is 2.72. The Balaban J connectivity index is 1.43. The highest BCUT2D eigenvalue weighted by Gasteiger charge is 2.07. The van der Waals surface area contributed by atoms with Crippen molar-refractivity contribution in [3.8, 4) is 17.4 Å². The zero-order valence-corrected chi connectivity index (χ0v) is 16.1. The van der Waals surface area contributed by atoms with Gasteiger partial charge in [0.15, 0.2) is 0 Å². The van der Waals surface area contributed by atoms with Crippen LogP contribution in [0.15, 0.2) is 84.1 Å². The van der Waals surface area contributed by atoms with Crippen LogP contribution < -0.4 is 10.1 Å². The second-order valence-electron chi connectivity index (χ2n) is 5.77. The van der Waals surface area contributed by atoms with Crippen molar-refractivity contribution in [2.45, 2.75) is 0 Å². The van der Waals surface area contributed by atoms with Crippen molar-refractivity contribution >= 4 is 27.5 Å². The lowest BCUT2D eigenvalue weighted by atomic mass is 10.2. The monoisotopic (exact) mass is 435 g/mol. The van der Waals surface area contributed by atoms with E-state index in [9.17, 15) is 4.79 Å². The Morgan fingerprint density at radius 3 is 2.54 bits per heavy atom. The number of rotatable bonds is 5. The summed E-state index contributed by atoms with van der Waals surface area (Å²) in [5.41, 5.74) is 1.25. The molecule has 0 fully saturated rings. The number of amides is 1. The molecule has 4 rings (SSSR count). The molecule has 0 saturated heterocycles. The standard InChI is InChI=1S/C20H14BrN5O2/c21-15-3-1-14(2-4-15)20(27)25-16-5-7-17(8-6-16)28-19-11-18(23-12-24-19)26-10-9-22-13-26/h1-13H,(H,25,27). The van der Waals surface area contributed by atoms with Gasteiger partial charge in [0, 0.05) is 34.2 Å². The molecule has 8 heteroatoms. The van der Waals surface area contributed by atoms with Gasteiger partial charge in [0.25, 0.3) is 5.91 Å². The third-order valence-corrected chi connectivity index (χ3v) is 4.37. The summed E-state index contributed by atoms with van der Waals surface area (Å²) in [6, 6.07) is 15.9. The molecule has 2 aromatic carbocycles. The molecule has 0 radical (unpaired) electrons. The van der Waals surface area contributed by atoms with Crippen molar-refractivity contribution < 1.29 is 9.53 Å². The Bertz CT molecular complexity index is 1080. The maximum Gasteiger partial charge on any atom is 0.255 e. The van der Waals surface area contributed by atoms with Crippen molar-refractivity contribution in [2.24, 2.45) is 0 Å². The van der Waals surface area contributed by atoms with Crippen LogP contribution in [-0.4, -0.2) is 25.4 Å². The lowest BCUT2D eigenvalue weighted by molar-refractivity contribution is 0.102. The highest BCUT2D eigenvalue weighted by Crippen LogP contribution is 2.23. The number of aromatic nitrogens is 4. The first-order valence-electron chi connectivity index (χ1n) is 8.32. The number of anilines is 1. The van der Waals surface area contributed by atoms with E-state index >= 15 is 0 Å². The number of carbonyl (C=O) groups excluding carboxylic acids is 1. The molecule has 0 aliphatic carbocycles. The number of benzene rings is 2. The molecule has 0 atom stereocenters. The van der Waals surface area contributed by atoms with Crippen LogP contribution in [0.3, 0.4) is 0 Å². The fraction of sp³-hybridized carbons (Fsp3) is 0. The number of nitrogens with one attached hydrogen (secondary N) is 1. The van der Waals surface area contributed by atoms with Crippen molar-refractivity contribution in [3.63, 3.8) is 0 Å². The van der Waals surface area contributed by atoms with E-state index in [0.29, 0.717) is 28.7 Å². The van der Waals surface area contributed by atoms with Gasteiger partial charge in [-0.15, -0.1) is 0 Å². The van der Waals surface area contributed by atoms with Crippen LogP contribution in [0.1, 0.15) is 10.4 Å². The first kappa shape index (κ1) is 17.9. The van der Waals surface area contributed by atoms with Gasteiger partial charge in [0.2, 0.25) is 5.88 Å². The van der Waals surface area contributed by atoms with Crippen molar-refractivity contribution in [2.75, 3.05) is 5.32 Å². The third kappa shape index (κ3) is 4.24. The number of halogens is 1. The summed E-state index contributed by atoms with van der Waals surface area (Å²) in [7, 11) is 0. The molecule has 1 amide bonds. The number of nitrogens with zero attached hydrogens (tertiary/aromatic N) is 4. The third-order valence-electron chi connectivity index (χ3n) is 3.84. The van der Waals surface area contributed by atoms with Gasteiger partial charge < -0.3 is 10.1 Å². The summed E-state index contributed by atoms with van der Waals surface area (Å²) >= 11 is 3.35. The minimum atomic E-state index is -0.179. The van der Waals surface area contributed by atoms with Crippen LogP contribution in [0.25, 0.3) is 5.82 Å². The van der Waals surface area contributed by atoms with Gasteiger partial charge in [0.1, 0.15) is 24.2 Å². The predicted octanol–water partition coefficient (Wildman–Crippen LogP) is 4.47. The van der Waals surface area contributed by atoms with E-state index in [1.54, 1.807) is 65.8 Å². The number of hydrogen-bond donors (Lipinski definition) is 1. The average molecular weight is 436 g/mol. The number of imidazole rings is 1. The zero-order valence-electron chi connectivity index (χ0n) is 14.5. The molecule has 0 aliphatic rings. The minimum Gasteiger partial charge on any atom is -0.439 e. The summed E-state index contributed by atoms with van der Waals surface area (Å²) in [5.74, 6) is 1.48. The van der Waals surface area contributed by atoms with E-state index in [0.717, 1.165) is 4.47 Å². The maximum absolute atomic E-state index is 12.3. The highest BCUT2D eigenvalue weighted by molar-refractivity contribution is 9.10. The molecule has 0 unspecified atom stereocenters. The largest absolute Gasteiger partial charge is 0.439 e. The van der Waals surface area contributed by atoms with E-state index in [2.05, 4.69) is 36.2 Å². The normalized spacial score (nSPS) is 10.5. The quantitative estimate of drug-likeness (QED) is 0.499. The number of hydrogen-bond acceptors (Lipinski definition) is 5. The van der Waals surface area contributed by atoms with Crippen molar-refractivity contribution in [3.05, 3.63) is 89.7 Å². The molecule has 2 heterocycles. The van der Waals surface area contributed by atoms with E-state index < -0.39 is 0 Å². The summed E-state index contributed by atoms with van der Waals surface area (Å²) in [6.07, 6.45) is 6.53. The maximum atomic E-state index is 12.3. The molecule has 0 spiro atoms. The van der Waals surface area contributed by atoms with Crippen LogP contribution in [0.4, 0.5) is 5.69 Å². The molecule has 1 N–H and O–H groups in total. The van der Waals surface area contributed by atoms with Crippen LogP contribution in [-0.2, 0) is 0 Å². The van der Waals surface area contributed by atoms with Crippen molar-refractivity contribution in [1.82, 2.24) is 19.5 Å². The average Bonchev–Trinajstić information content (AvgIpc) is 3.25. The Morgan fingerprint density at radius 2 is 1.82 bits per heavy atom. The Kier molecular flexibility index (Phi) is 5.11. The predicted molar refractivity (Wildman–Crippen MR) is 108 cm³/mol. The van der Waals surface area contributed by atoms with Crippen LogP contribution in [0.2, 0.25) is 0 Å². The van der Waals surface area contributed by atoms with Gasteiger partial charge >= 0.3 is 0 Å². The van der Waals surface area contributed by atoms with Crippen LogP contribution >= 0.6 is 15.9 Å². The summed E-state index contributed by atoms with van der Waals surface area (Å²) in [5, 5.41) is 2.85. The first-order valence-corrected chi connectivity index (χ1v) is 9.12. The SMILES string of the molecule is O=C(Nc1ccc(Oc2cc(-n3ccnc3)ncn2)cc1)c1ccc(Br)cc1. The molecule has 138 valence electrons. The van der Waals surface area contributed by atoms with Gasteiger partial charge in [-0.25, -0.2) is 15.0 Å². The molecular weight excluding hydrogens is 422 g/mol. The lowest BCUT2D eigenvalue weighted by Crippen LogP contribution is -2.11. The van der Waals surface area contributed by atoms with E-state index in [1.807, 2.05) is 12.1 Å². The number of carbonyl (C=O) groups is 1. The molecule has 2 aromatic heterocycles. The second kappa shape index (κ2) is 8.01. The molecular formula is C20H14BrN5O2. The fourth-order valence-electron chi connectivity index (χ4n) is 2.45.